The van der Waals surface area contributed by atoms with Gasteiger partial charge in [-0.2, -0.15) is 13.2 Å². The van der Waals surface area contributed by atoms with E-state index in [0.29, 0.717) is 32.4 Å². The molecule has 112 valence electrons. The van der Waals surface area contributed by atoms with Crippen LogP contribution in [0.1, 0.15) is 5.56 Å². The highest BCUT2D eigenvalue weighted by Gasteiger charge is 2.32. The largest absolute Gasteiger partial charge is 0.416 e. The average Bonchev–Trinajstić information content (AvgIpc) is 2.39. The molecule has 0 saturated carbocycles. The van der Waals surface area contributed by atoms with E-state index in [1.165, 1.54) is 6.07 Å². The van der Waals surface area contributed by atoms with Crippen molar-refractivity contribution in [3.8, 4) is 0 Å². The van der Waals surface area contributed by atoms with E-state index in [4.69, 9.17) is 4.74 Å². The van der Waals surface area contributed by atoms with Crippen molar-refractivity contribution in [2.75, 3.05) is 38.3 Å². The number of likely N-dealkylation sites (N-methyl/N-ethyl adjacent to an activating group) is 1. The molecule has 2 rings (SSSR count). The molecule has 1 N–H and O–H groups in total. The highest BCUT2D eigenvalue weighted by atomic mass is 19.4. The van der Waals surface area contributed by atoms with Gasteiger partial charge in [-0.25, -0.2) is 4.39 Å². The van der Waals surface area contributed by atoms with Crippen molar-refractivity contribution in [1.29, 1.82) is 0 Å². The molecule has 20 heavy (non-hydrogen) atoms. The van der Waals surface area contributed by atoms with Crippen molar-refractivity contribution in [3.63, 3.8) is 0 Å². The summed E-state index contributed by atoms with van der Waals surface area (Å²) in [7, 11) is 1.76. The van der Waals surface area contributed by atoms with Crippen molar-refractivity contribution in [3.05, 3.63) is 29.6 Å². The maximum Gasteiger partial charge on any atom is 0.416 e. The fourth-order valence-electron chi connectivity index (χ4n) is 2.29. The van der Waals surface area contributed by atoms with Crippen molar-refractivity contribution < 1.29 is 22.3 Å². The predicted molar refractivity (Wildman–Crippen MR) is 67.3 cm³/mol. The van der Waals surface area contributed by atoms with E-state index in [9.17, 15) is 17.6 Å². The van der Waals surface area contributed by atoms with Crippen LogP contribution in [0.3, 0.4) is 0 Å². The molecule has 1 heterocycles. The normalized spacial score (nSPS) is 20.2. The van der Waals surface area contributed by atoms with Crippen LogP contribution in [-0.2, 0) is 10.9 Å². The summed E-state index contributed by atoms with van der Waals surface area (Å²) in [5, 5.41) is 2.97. The van der Waals surface area contributed by atoms with E-state index in [0.717, 1.165) is 6.07 Å². The molecule has 1 aromatic rings. The van der Waals surface area contributed by atoms with Crippen molar-refractivity contribution in [1.82, 2.24) is 5.32 Å². The highest BCUT2D eigenvalue weighted by Crippen LogP contribution is 2.33. The first kappa shape index (κ1) is 15.1. The Kier molecular flexibility index (Phi) is 4.49. The SMILES string of the molecule is CNCC1COCCN1c1ccc(C(F)(F)F)cc1F. The van der Waals surface area contributed by atoms with Gasteiger partial charge in [0.1, 0.15) is 5.82 Å². The Bertz CT molecular complexity index is 462. The molecule has 1 fully saturated rings. The molecule has 3 nitrogen and oxygen atoms in total. The molecule has 0 spiro atoms. The zero-order valence-corrected chi connectivity index (χ0v) is 11.0. The summed E-state index contributed by atoms with van der Waals surface area (Å²) in [6.07, 6.45) is -4.53. The lowest BCUT2D eigenvalue weighted by Gasteiger charge is -2.37. The van der Waals surface area contributed by atoms with Gasteiger partial charge in [0.25, 0.3) is 0 Å². The average molecular weight is 292 g/mol. The van der Waals surface area contributed by atoms with Gasteiger partial charge in [0.15, 0.2) is 0 Å². The molecular weight excluding hydrogens is 276 g/mol. The third-order valence-corrected chi connectivity index (χ3v) is 3.25. The molecule has 1 unspecified atom stereocenters. The molecule has 1 saturated heterocycles. The van der Waals surface area contributed by atoms with Gasteiger partial charge >= 0.3 is 6.18 Å². The Morgan fingerprint density at radius 2 is 2.15 bits per heavy atom. The number of halogens is 4. The van der Waals surface area contributed by atoms with Gasteiger partial charge in [0.05, 0.1) is 30.5 Å². The number of alkyl halides is 3. The molecule has 0 radical (unpaired) electrons. The zero-order valence-electron chi connectivity index (χ0n) is 11.0. The maximum absolute atomic E-state index is 14.0. The van der Waals surface area contributed by atoms with Crippen LogP contribution in [0.5, 0.6) is 0 Å². The first-order chi connectivity index (χ1) is 9.43. The van der Waals surface area contributed by atoms with Gasteiger partial charge in [0.2, 0.25) is 0 Å². The van der Waals surface area contributed by atoms with Crippen molar-refractivity contribution in [2.45, 2.75) is 12.2 Å². The summed E-state index contributed by atoms with van der Waals surface area (Å²) >= 11 is 0. The van der Waals surface area contributed by atoms with E-state index in [1.807, 2.05) is 0 Å². The minimum absolute atomic E-state index is 0.0972. The predicted octanol–water partition coefficient (Wildman–Crippen LogP) is 2.27. The summed E-state index contributed by atoms with van der Waals surface area (Å²) in [5.74, 6) is -0.858. The summed E-state index contributed by atoms with van der Waals surface area (Å²) < 4.78 is 56.9. The fraction of sp³-hybridized carbons (Fsp3) is 0.538. The summed E-state index contributed by atoms with van der Waals surface area (Å²) in [5.41, 5.74) is -0.793. The van der Waals surface area contributed by atoms with Crippen LogP contribution in [0.4, 0.5) is 23.2 Å². The Morgan fingerprint density at radius 3 is 2.75 bits per heavy atom. The van der Waals surface area contributed by atoms with Gasteiger partial charge < -0.3 is 15.0 Å². The van der Waals surface area contributed by atoms with Gasteiger partial charge in [-0.15, -0.1) is 0 Å². The monoisotopic (exact) mass is 292 g/mol. The molecule has 1 atom stereocenters. The Morgan fingerprint density at radius 1 is 1.40 bits per heavy atom. The molecular formula is C13H16F4N2O. The van der Waals surface area contributed by atoms with Gasteiger partial charge in [-0.1, -0.05) is 0 Å². The molecule has 7 heteroatoms. The molecule has 1 aliphatic heterocycles. The number of anilines is 1. The van der Waals surface area contributed by atoms with Crippen molar-refractivity contribution in [2.24, 2.45) is 0 Å². The van der Waals surface area contributed by atoms with E-state index in [1.54, 1.807) is 11.9 Å². The van der Waals surface area contributed by atoms with Gasteiger partial charge in [0, 0.05) is 13.1 Å². The quantitative estimate of drug-likeness (QED) is 0.865. The van der Waals surface area contributed by atoms with Gasteiger partial charge in [-0.05, 0) is 25.2 Å². The van der Waals surface area contributed by atoms with Crippen LogP contribution in [0.15, 0.2) is 18.2 Å². The van der Waals surface area contributed by atoms with E-state index < -0.39 is 17.6 Å². The van der Waals surface area contributed by atoms with Crippen LogP contribution in [0, 0.1) is 5.82 Å². The van der Waals surface area contributed by atoms with E-state index in [2.05, 4.69) is 5.32 Å². The second-order valence-corrected chi connectivity index (χ2v) is 4.64. The highest BCUT2D eigenvalue weighted by molar-refractivity contribution is 5.51. The second-order valence-electron chi connectivity index (χ2n) is 4.64. The maximum atomic E-state index is 14.0. The Balaban J connectivity index is 2.27. The van der Waals surface area contributed by atoms with E-state index in [-0.39, 0.29) is 11.7 Å². The summed E-state index contributed by atoms with van der Waals surface area (Å²) in [4.78, 5) is 1.75. The number of rotatable bonds is 3. The third kappa shape index (κ3) is 3.21. The molecule has 1 aromatic carbocycles. The standard InChI is InChI=1S/C13H16F4N2O/c1-18-7-10-8-20-5-4-19(10)12-3-2-9(6-11(12)14)13(15,16)17/h2-3,6,10,18H,4-5,7-8H2,1H3. The number of benzene rings is 1. The molecule has 1 aliphatic rings. The number of nitrogens with one attached hydrogen (secondary N) is 1. The van der Waals surface area contributed by atoms with Crippen LogP contribution in [0.25, 0.3) is 0 Å². The number of hydrogen-bond donors (Lipinski definition) is 1. The van der Waals surface area contributed by atoms with Crippen LogP contribution >= 0.6 is 0 Å². The number of hydrogen-bond acceptors (Lipinski definition) is 3. The lowest BCUT2D eigenvalue weighted by molar-refractivity contribution is -0.137. The van der Waals surface area contributed by atoms with Crippen molar-refractivity contribution >= 4 is 5.69 Å². The Hall–Kier alpha value is -1.34. The van der Waals surface area contributed by atoms with Crippen LogP contribution < -0.4 is 10.2 Å². The molecule has 0 aromatic heterocycles. The lowest BCUT2D eigenvalue weighted by Crippen LogP contribution is -2.50. The molecule has 0 aliphatic carbocycles. The van der Waals surface area contributed by atoms with Crippen LogP contribution in [-0.4, -0.2) is 39.4 Å². The van der Waals surface area contributed by atoms with Gasteiger partial charge in [-0.3, -0.25) is 0 Å². The second kappa shape index (κ2) is 5.97. The fourth-order valence-corrected chi connectivity index (χ4v) is 2.29. The minimum atomic E-state index is -4.53. The summed E-state index contributed by atoms with van der Waals surface area (Å²) in [6.45, 7) is 1.87. The smallest absolute Gasteiger partial charge is 0.377 e. The Labute approximate surface area is 114 Å². The first-order valence-corrected chi connectivity index (χ1v) is 6.29. The molecule has 0 bridgehead atoms. The zero-order chi connectivity index (χ0) is 14.8. The topological polar surface area (TPSA) is 24.5 Å². The first-order valence-electron chi connectivity index (χ1n) is 6.29. The van der Waals surface area contributed by atoms with E-state index >= 15 is 0 Å². The number of nitrogens with zero attached hydrogens (tertiary/aromatic N) is 1. The molecule has 0 amide bonds. The minimum Gasteiger partial charge on any atom is -0.377 e. The third-order valence-electron chi connectivity index (χ3n) is 3.25. The van der Waals surface area contributed by atoms with Crippen LogP contribution in [0.2, 0.25) is 0 Å². The lowest BCUT2D eigenvalue weighted by atomic mass is 10.1. The summed E-state index contributed by atoms with van der Waals surface area (Å²) in [6, 6.07) is 2.54. The number of morpholine rings is 1. The number of ether oxygens (including phenoxy) is 1.